The van der Waals surface area contributed by atoms with Crippen LogP contribution in [0.3, 0.4) is 0 Å². The minimum atomic E-state index is -1.10. The average molecular weight is 505 g/mol. The van der Waals surface area contributed by atoms with E-state index in [4.69, 9.17) is 11.4 Å². The zero-order valence-corrected chi connectivity index (χ0v) is 21.4. The van der Waals surface area contributed by atoms with E-state index in [1.807, 2.05) is 37.9 Å². The van der Waals surface area contributed by atoms with Gasteiger partial charge in [-0.25, -0.2) is 9.37 Å². The molecule has 0 fully saturated rings. The minimum absolute atomic E-state index is 0.206. The van der Waals surface area contributed by atoms with Crippen molar-refractivity contribution in [1.82, 2.24) is 20.2 Å². The van der Waals surface area contributed by atoms with Gasteiger partial charge in [-0.2, -0.15) is 9.37 Å². The number of nitrogens with zero attached hydrogens (tertiary/aromatic N) is 4. The molecule has 7 nitrogen and oxygen atoms in total. The molecule has 2 N–H and O–H groups in total. The second-order valence-corrected chi connectivity index (χ2v) is 8.20. The van der Waals surface area contributed by atoms with Gasteiger partial charge in [-0.3, -0.25) is 9.69 Å². The van der Waals surface area contributed by atoms with E-state index in [9.17, 15) is 13.6 Å². The van der Waals surface area contributed by atoms with E-state index in [0.29, 0.717) is 35.5 Å². The fraction of sp³-hybridized carbons (Fsp3) is 0.250. The van der Waals surface area contributed by atoms with Crippen molar-refractivity contribution in [3.05, 3.63) is 70.7 Å². The van der Waals surface area contributed by atoms with Gasteiger partial charge in [-0.05, 0) is 51.6 Å². The van der Waals surface area contributed by atoms with Crippen LogP contribution in [-0.4, -0.2) is 48.3 Å². The minimum Gasteiger partial charge on any atom is -0.367 e. The lowest BCUT2D eigenvalue weighted by Gasteiger charge is -2.34. The maximum atomic E-state index is 14.9. The predicted octanol–water partition coefficient (Wildman–Crippen LogP) is 4.56. The number of halogens is 2. The van der Waals surface area contributed by atoms with Crippen molar-refractivity contribution in [2.75, 3.05) is 37.4 Å². The number of fused-ring (bicyclic) bond motifs is 1. The normalized spacial score (nSPS) is 13.5. The second kappa shape index (κ2) is 13.0. The van der Waals surface area contributed by atoms with E-state index >= 15 is 0 Å². The Bertz CT molecular complexity index is 1300. The molecule has 1 aromatic heterocycles. The maximum Gasteiger partial charge on any atom is 0.225 e. The van der Waals surface area contributed by atoms with Crippen molar-refractivity contribution in [1.29, 1.82) is 0 Å². The highest BCUT2D eigenvalue weighted by molar-refractivity contribution is 5.82. The van der Waals surface area contributed by atoms with E-state index in [1.165, 1.54) is 11.8 Å². The molecule has 1 aliphatic rings. The van der Waals surface area contributed by atoms with Gasteiger partial charge in [0.05, 0.1) is 5.69 Å². The highest BCUT2D eigenvalue weighted by Gasteiger charge is 2.32. The van der Waals surface area contributed by atoms with Crippen LogP contribution in [0.1, 0.15) is 28.4 Å². The number of nitrogens with one attached hydrogen (secondary N) is 2. The molecule has 1 aromatic carbocycles. The maximum absolute atomic E-state index is 14.9. The van der Waals surface area contributed by atoms with Crippen molar-refractivity contribution in [3.8, 4) is 36.4 Å². The number of benzene rings is 1. The summed E-state index contributed by atoms with van der Waals surface area (Å²) < 4.78 is 29.7. The summed E-state index contributed by atoms with van der Waals surface area (Å²) in [5.41, 5.74) is 2.67. The topological polar surface area (TPSA) is 73.4 Å². The number of terminal acetylenes is 2. The Morgan fingerprint density at radius 1 is 1.32 bits per heavy atom. The van der Waals surface area contributed by atoms with Crippen LogP contribution in [0.5, 0.6) is 0 Å². The van der Waals surface area contributed by atoms with Crippen LogP contribution in [0.2, 0.25) is 0 Å². The fourth-order valence-electron chi connectivity index (χ4n) is 3.63. The number of allylic oxidation sites excluding steroid dienone is 3. The van der Waals surface area contributed by atoms with Crippen LogP contribution in [0, 0.1) is 32.1 Å². The van der Waals surface area contributed by atoms with Crippen LogP contribution in [0.4, 0.5) is 20.5 Å². The van der Waals surface area contributed by atoms with Gasteiger partial charge in [-0.1, -0.05) is 18.7 Å². The van der Waals surface area contributed by atoms with Crippen LogP contribution in [0.15, 0.2) is 54.0 Å². The molecule has 0 atom stereocenters. The van der Waals surface area contributed by atoms with Crippen LogP contribution < -0.4 is 15.5 Å². The lowest BCUT2D eigenvalue weighted by molar-refractivity contribution is 0.112. The molecule has 0 bridgehead atoms. The van der Waals surface area contributed by atoms with Gasteiger partial charge in [0, 0.05) is 36.3 Å². The fourth-order valence-corrected chi connectivity index (χ4v) is 3.63. The number of aryl methyl sites for hydroxylation is 1. The number of carbonyl (C=O) groups excluding carboxylic acids is 1. The van der Waals surface area contributed by atoms with Gasteiger partial charge in [0.1, 0.15) is 29.4 Å². The zero-order valence-electron chi connectivity index (χ0n) is 21.4. The number of aldehydes is 1. The summed E-state index contributed by atoms with van der Waals surface area (Å²) in [4.78, 5) is 24.0. The first kappa shape index (κ1) is 28.8. The van der Waals surface area contributed by atoms with E-state index in [1.54, 1.807) is 12.1 Å². The molecule has 37 heavy (non-hydrogen) atoms. The van der Waals surface area contributed by atoms with Crippen molar-refractivity contribution < 1.29 is 13.6 Å². The number of anilines is 2. The summed E-state index contributed by atoms with van der Waals surface area (Å²) in [5, 5.41) is 6.23. The van der Waals surface area contributed by atoms with Crippen molar-refractivity contribution >= 4 is 18.1 Å². The van der Waals surface area contributed by atoms with Gasteiger partial charge in [0.15, 0.2) is 5.83 Å². The third kappa shape index (κ3) is 6.40. The first-order chi connectivity index (χ1) is 17.7. The summed E-state index contributed by atoms with van der Waals surface area (Å²) in [6.45, 7) is 8.75. The van der Waals surface area contributed by atoms with Gasteiger partial charge in [0.2, 0.25) is 5.95 Å². The molecule has 9 heteroatoms. The molecular weight excluding hydrogens is 474 g/mol. The molecule has 2 heterocycles. The molecule has 192 valence electrons. The monoisotopic (exact) mass is 504 g/mol. The van der Waals surface area contributed by atoms with Crippen LogP contribution in [-0.2, 0) is 6.54 Å². The highest BCUT2D eigenvalue weighted by atomic mass is 19.1. The Balaban J connectivity index is 0.00000235. The second-order valence-electron chi connectivity index (χ2n) is 8.20. The molecule has 0 radical (unpaired) electrons. The third-order valence-corrected chi connectivity index (χ3v) is 5.47. The number of hydrogen-bond donors (Lipinski definition) is 2. The number of aromatic nitrogens is 2. The Morgan fingerprint density at radius 2 is 2.03 bits per heavy atom. The van der Waals surface area contributed by atoms with E-state index in [2.05, 4.69) is 35.0 Å². The van der Waals surface area contributed by atoms with E-state index in [0.717, 1.165) is 17.9 Å². The molecule has 2 aromatic rings. The Labute approximate surface area is 217 Å². The molecule has 0 saturated heterocycles. The first-order valence-electron chi connectivity index (χ1n) is 11.3. The molecule has 0 unspecified atom stereocenters. The lowest BCUT2D eigenvalue weighted by Crippen LogP contribution is -2.38. The van der Waals surface area contributed by atoms with Gasteiger partial charge in [-0.15, -0.1) is 19.3 Å². The summed E-state index contributed by atoms with van der Waals surface area (Å²) in [5.74, 6) is 0.619. The summed E-state index contributed by atoms with van der Waals surface area (Å²) in [6, 6.07) is 5.27. The smallest absolute Gasteiger partial charge is 0.225 e. The Morgan fingerprint density at radius 3 is 2.62 bits per heavy atom. The standard InChI is InChI=1S/C26H28F2N6O.C2H2/c1-7-21(27)24(22(28)8-2)34-17(4)30-14-20-23(19-13-18(15-35)10-9-16(19)3)31-26(32-25(20)34)29-11-12-33(5)6;1-2/h1,8-10,13,15,30H,4,11-12,14H2,2-3,5-6H3,(H,29,31,32);1-2H/b22-8+,24-21-;. The Kier molecular flexibility index (Phi) is 10.1. The number of carbonyl (C=O) groups is 1. The third-order valence-electron chi connectivity index (χ3n) is 5.47. The van der Waals surface area contributed by atoms with Gasteiger partial charge < -0.3 is 15.5 Å². The predicted molar refractivity (Wildman–Crippen MR) is 145 cm³/mol. The molecule has 0 saturated carbocycles. The van der Waals surface area contributed by atoms with E-state index < -0.39 is 17.4 Å². The summed E-state index contributed by atoms with van der Waals surface area (Å²) >= 11 is 0. The molecular formula is C28H30F2N6O. The number of rotatable bonds is 8. The van der Waals surface area contributed by atoms with E-state index in [-0.39, 0.29) is 24.1 Å². The number of likely N-dealkylation sites (N-methyl/N-ethyl adjacent to an activating group) is 1. The quantitative estimate of drug-likeness (QED) is 0.310. The van der Waals surface area contributed by atoms with Gasteiger partial charge >= 0.3 is 0 Å². The van der Waals surface area contributed by atoms with Crippen molar-refractivity contribution in [2.24, 2.45) is 0 Å². The van der Waals surface area contributed by atoms with Crippen LogP contribution in [0.25, 0.3) is 11.3 Å². The molecule has 0 spiro atoms. The van der Waals surface area contributed by atoms with Gasteiger partial charge in [0.25, 0.3) is 0 Å². The first-order valence-corrected chi connectivity index (χ1v) is 11.3. The summed E-state index contributed by atoms with van der Waals surface area (Å²) in [7, 11) is 3.87. The van der Waals surface area contributed by atoms with Crippen molar-refractivity contribution in [2.45, 2.75) is 20.4 Å². The molecule has 3 rings (SSSR count). The summed E-state index contributed by atoms with van der Waals surface area (Å²) in [6.07, 6.45) is 15.2. The Hall–Kier alpha value is -4.47. The SMILES string of the molecule is C#C.C#C/C(F)=C(\C(F)=C/C)N1C(=C)NCc2c(-c3cc(C=O)ccc3C)nc(NCCN(C)C)nc21. The number of hydrogen-bond acceptors (Lipinski definition) is 7. The zero-order chi connectivity index (χ0) is 27.7. The molecule has 0 amide bonds. The highest BCUT2D eigenvalue weighted by Crippen LogP contribution is 2.39. The molecule has 1 aliphatic heterocycles. The average Bonchev–Trinajstić information content (AvgIpc) is 2.90. The largest absolute Gasteiger partial charge is 0.367 e. The molecule has 0 aliphatic carbocycles. The van der Waals surface area contributed by atoms with Crippen LogP contribution >= 0.6 is 0 Å². The lowest BCUT2D eigenvalue weighted by atomic mass is 9.98. The van der Waals surface area contributed by atoms with Crippen molar-refractivity contribution in [3.63, 3.8) is 0 Å².